The molecule has 86 valence electrons. The summed E-state index contributed by atoms with van der Waals surface area (Å²) in [6.07, 6.45) is 6.05. The summed E-state index contributed by atoms with van der Waals surface area (Å²) in [5.41, 5.74) is -0.731. The molecule has 1 spiro atoms. The second kappa shape index (κ2) is 3.78. The van der Waals surface area contributed by atoms with Crippen LogP contribution >= 0.6 is 0 Å². The van der Waals surface area contributed by atoms with E-state index in [1.54, 1.807) is 0 Å². The zero-order chi connectivity index (χ0) is 10.9. The van der Waals surface area contributed by atoms with Crippen LogP contribution in [-0.4, -0.2) is 23.8 Å². The highest BCUT2D eigenvalue weighted by Gasteiger charge is 2.74. The molecule has 0 aromatic heterocycles. The molecule has 3 heteroatoms. The molecule has 15 heavy (non-hydrogen) atoms. The van der Waals surface area contributed by atoms with Crippen LogP contribution in [0.15, 0.2) is 0 Å². The van der Waals surface area contributed by atoms with Gasteiger partial charge in [0.2, 0.25) is 0 Å². The van der Waals surface area contributed by atoms with E-state index in [2.05, 4.69) is 0 Å². The van der Waals surface area contributed by atoms with E-state index in [-0.39, 0.29) is 11.6 Å². The Bertz CT molecular complexity index is 256. The van der Waals surface area contributed by atoms with Gasteiger partial charge in [0.15, 0.2) is 5.60 Å². The van der Waals surface area contributed by atoms with Gasteiger partial charge >= 0.3 is 5.97 Å². The second-order valence-corrected chi connectivity index (χ2v) is 4.62. The van der Waals surface area contributed by atoms with Crippen LogP contribution in [-0.2, 0) is 14.3 Å². The van der Waals surface area contributed by atoms with Gasteiger partial charge in [0.25, 0.3) is 0 Å². The SMILES string of the molecule is CCCOC(=O)C1(CC)OC12CCCC2. The zero-order valence-electron chi connectivity index (χ0n) is 9.67. The quantitative estimate of drug-likeness (QED) is 0.530. The maximum absolute atomic E-state index is 11.9. The second-order valence-electron chi connectivity index (χ2n) is 4.62. The number of esters is 1. The van der Waals surface area contributed by atoms with E-state index in [9.17, 15) is 4.79 Å². The van der Waals surface area contributed by atoms with Gasteiger partial charge in [-0.3, -0.25) is 0 Å². The van der Waals surface area contributed by atoms with Crippen molar-refractivity contribution >= 4 is 5.97 Å². The van der Waals surface area contributed by atoms with E-state index in [1.165, 1.54) is 12.8 Å². The first-order valence-corrected chi connectivity index (χ1v) is 6.08. The third kappa shape index (κ3) is 1.48. The fraction of sp³-hybridized carbons (Fsp3) is 0.917. The average molecular weight is 212 g/mol. The smallest absolute Gasteiger partial charge is 0.341 e. The van der Waals surface area contributed by atoms with Crippen LogP contribution < -0.4 is 0 Å². The van der Waals surface area contributed by atoms with Crippen molar-refractivity contribution in [3.05, 3.63) is 0 Å². The number of epoxide rings is 1. The number of ether oxygens (including phenoxy) is 2. The molecular formula is C12H20O3. The summed E-state index contributed by atoms with van der Waals surface area (Å²) >= 11 is 0. The summed E-state index contributed by atoms with van der Waals surface area (Å²) in [6, 6.07) is 0. The zero-order valence-corrected chi connectivity index (χ0v) is 9.67. The van der Waals surface area contributed by atoms with Gasteiger partial charge in [-0.15, -0.1) is 0 Å². The highest BCUT2D eigenvalue weighted by atomic mass is 16.7. The van der Waals surface area contributed by atoms with Crippen molar-refractivity contribution in [1.82, 2.24) is 0 Å². The Morgan fingerprint density at radius 3 is 2.53 bits per heavy atom. The van der Waals surface area contributed by atoms with Crippen LogP contribution in [0.5, 0.6) is 0 Å². The minimum atomic E-state index is -0.585. The van der Waals surface area contributed by atoms with Gasteiger partial charge in [-0.05, 0) is 25.7 Å². The summed E-state index contributed by atoms with van der Waals surface area (Å²) in [6.45, 7) is 4.53. The van der Waals surface area contributed by atoms with Gasteiger partial charge in [-0.25, -0.2) is 4.79 Å². The van der Waals surface area contributed by atoms with Crippen molar-refractivity contribution in [2.75, 3.05) is 6.61 Å². The number of carbonyl (C=O) groups excluding carboxylic acids is 1. The average Bonchev–Trinajstić information content (AvgIpc) is 2.62. The third-order valence-corrected chi connectivity index (χ3v) is 3.74. The van der Waals surface area contributed by atoms with Crippen LogP contribution in [0.25, 0.3) is 0 Å². The first-order valence-electron chi connectivity index (χ1n) is 6.08. The molecule has 1 aliphatic carbocycles. The molecule has 0 aromatic carbocycles. The van der Waals surface area contributed by atoms with Crippen LogP contribution in [0.2, 0.25) is 0 Å². The van der Waals surface area contributed by atoms with Crippen LogP contribution in [0.3, 0.4) is 0 Å². The third-order valence-electron chi connectivity index (χ3n) is 3.74. The van der Waals surface area contributed by atoms with Crippen LogP contribution in [0.4, 0.5) is 0 Å². The van der Waals surface area contributed by atoms with E-state index >= 15 is 0 Å². The van der Waals surface area contributed by atoms with Crippen LogP contribution in [0, 0.1) is 0 Å². The minimum absolute atomic E-state index is 0.131. The lowest BCUT2D eigenvalue weighted by Crippen LogP contribution is -2.34. The van der Waals surface area contributed by atoms with Crippen molar-refractivity contribution in [2.45, 2.75) is 63.6 Å². The van der Waals surface area contributed by atoms with Crippen molar-refractivity contribution in [1.29, 1.82) is 0 Å². The first kappa shape index (κ1) is 10.9. The maximum Gasteiger partial charge on any atom is 0.341 e. The molecule has 0 N–H and O–H groups in total. The maximum atomic E-state index is 11.9. The van der Waals surface area contributed by atoms with Gasteiger partial charge in [0, 0.05) is 0 Å². The summed E-state index contributed by atoms with van der Waals surface area (Å²) in [5.74, 6) is -0.131. The predicted molar refractivity (Wildman–Crippen MR) is 56.6 cm³/mol. The van der Waals surface area contributed by atoms with Crippen molar-refractivity contribution in [3.63, 3.8) is 0 Å². The van der Waals surface area contributed by atoms with Crippen molar-refractivity contribution in [3.8, 4) is 0 Å². The van der Waals surface area contributed by atoms with E-state index in [4.69, 9.17) is 9.47 Å². The molecule has 1 saturated heterocycles. The largest absolute Gasteiger partial charge is 0.463 e. The van der Waals surface area contributed by atoms with E-state index in [0.29, 0.717) is 6.61 Å². The Morgan fingerprint density at radius 1 is 1.33 bits per heavy atom. The summed E-state index contributed by atoms with van der Waals surface area (Å²) < 4.78 is 11.0. The molecule has 0 radical (unpaired) electrons. The summed E-state index contributed by atoms with van der Waals surface area (Å²) in [4.78, 5) is 11.9. The first-order chi connectivity index (χ1) is 7.21. The van der Waals surface area contributed by atoms with Gasteiger partial charge in [0.1, 0.15) is 5.60 Å². The summed E-state index contributed by atoms with van der Waals surface area (Å²) in [7, 11) is 0. The van der Waals surface area contributed by atoms with Gasteiger partial charge in [-0.1, -0.05) is 26.7 Å². The monoisotopic (exact) mass is 212 g/mol. The van der Waals surface area contributed by atoms with Gasteiger partial charge in [0.05, 0.1) is 6.61 Å². The molecule has 2 aliphatic rings. The number of rotatable bonds is 4. The lowest BCUT2D eigenvalue weighted by molar-refractivity contribution is -0.150. The molecule has 0 bridgehead atoms. The van der Waals surface area contributed by atoms with E-state index in [1.807, 2.05) is 13.8 Å². The Kier molecular flexibility index (Phi) is 2.75. The van der Waals surface area contributed by atoms with Crippen LogP contribution in [0.1, 0.15) is 52.4 Å². The Labute approximate surface area is 91.1 Å². The topological polar surface area (TPSA) is 38.8 Å². The van der Waals surface area contributed by atoms with E-state index < -0.39 is 5.60 Å². The normalized spacial score (nSPS) is 31.9. The van der Waals surface area contributed by atoms with Crippen molar-refractivity contribution < 1.29 is 14.3 Å². The standard InChI is InChI=1S/C12H20O3/c1-3-9-14-10(13)12(4-2)11(15-12)7-5-6-8-11/h3-9H2,1-2H3. The predicted octanol–water partition coefficient (Wildman–Crippen LogP) is 2.43. The lowest BCUT2D eigenvalue weighted by Gasteiger charge is -2.13. The van der Waals surface area contributed by atoms with Gasteiger partial charge in [-0.2, -0.15) is 0 Å². The molecule has 1 unspecified atom stereocenters. The fourth-order valence-corrected chi connectivity index (χ4v) is 2.84. The number of hydrogen-bond acceptors (Lipinski definition) is 3. The number of hydrogen-bond donors (Lipinski definition) is 0. The Morgan fingerprint density at radius 2 is 2.00 bits per heavy atom. The van der Waals surface area contributed by atoms with Gasteiger partial charge < -0.3 is 9.47 Å². The minimum Gasteiger partial charge on any atom is -0.463 e. The molecule has 1 atom stereocenters. The Hall–Kier alpha value is -0.570. The molecule has 2 fully saturated rings. The molecule has 0 amide bonds. The fourth-order valence-electron chi connectivity index (χ4n) is 2.84. The lowest BCUT2D eigenvalue weighted by atomic mass is 9.89. The summed E-state index contributed by atoms with van der Waals surface area (Å²) in [5, 5.41) is 0. The molecule has 0 aromatic rings. The molecule has 2 rings (SSSR count). The van der Waals surface area contributed by atoms with E-state index in [0.717, 1.165) is 25.7 Å². The molecule has 1 heterocycles. The number of carbonyl (C=O) groups is 1. The highest BCUT2D eigenvalue weighted by molar-refractivity contribution is 5.85. The molecular weight excluding hydrogens is 192 g/mol. The molecule has 3 nitrogen and oxygen atoms in total. The highest BCUT2D eigenvalue weighted by Crippen LogP contribution is 2.60. The molecule has 1 aliphatic heterocycles. The molecule has 1 saturated carbocycles. The van der Waals surface area contributed by atoms with Crippen molar-refractivity contribution in [2.24, 2.45) is 0 Å². The Balaban J connectivity index is 2.02.